The molecule has 0 bridgehead atoms. The lowest BCUT2D eigenvalue weighted by molar-refractivity contribution is -0.155. The molecule has 2 N–H and O–H groups in total. The Morgan fingerprint density at radius 3 is 2.34 bits per heavy atom. The Morgan fingerprint density at radius 1 is 1.03 bits per heavy atom. The van der Waals surface area contributed by atoms with Gasteiger partial charge in [-0.2, -0.15) is 0 Å². The van der Waals surface area contributed by atoms with Gasteiger partial charge in [-0.05, 0) is 31.0 Å². The Hall–Kier alpha value is -2.86. The third kappa shape index (κ3) is 6.91. The first-order chi connectivity index (χ1) is 13.9. The summed E-state index contributed by atoms with van der Waals surface area (Å²) in [6, 6.07) is 15.1. The van der Waals surface area contributed by atoms with Crippen molar-refractivity contribution < 1.29 is 19.1 Å². The summed E-state index contributed by atoms with van der Waals surface area (Å²) < 4.78 is 5.24. The second-order valence-electron chi connectivity index (χ2n) is 6.54. The van der Waals surface area contributed by atoms with Crippen molar-refractivity contribution in [3.63, 3.8) is 0 Å². The number of nitrogens with one attached hydrogen (secondary N) is 2. The molecular formula is C22H25ClN2O4. The minimum Gasteiger partial charge on any atom is -0.452 e. The van der Waals surface area contributed by atoms with E-state index in [1.165, 1.54) is 6.92 Å². The molecule has 0 aromatic heterocycles. The molecule has 0 saturated carbocycles. The van der Waals surface area contributed by atoms with Crippen molar-refractivity contribution in [3.8, 4) is 0 Å². The van der Waals surface area contributed by atoms with Crippen LogP contribution in [-0.2, 0) is 14.3 Å². The molecule has 0 aliphatic heterocycles. The fourth-order valence-electron chi connectivity index (χ4n) is 2.68. The summed E-state index contributed by atoms with van der Waals surface area (Å²) in [6.45, 7) is 3.97. The van der Waals surface area contributed by atoms with Gasteiger partial charge in [0.1, 0.15) is 0 Å². The Morgan fingerprint density at radius 2 is 1.69 bits per heavy atom. The Labute approximate surface area is 175 Å². The van der Waals surface area contributed by atoms with Crippen molar-refractivity contribution >= 4 is 29.4 Å². The van der Waals surface area contributed by atoms with Crippen LogP contribution in [0.2, 0.25) is 5.02 Å². The van der Waals surface area contributed by atoms with Crippen molar-refractivity contribution in [1.29, 1.82) is 0 Å². The minimum atomic E-state index is -0.912. The van der Waals surface area contributed by atoms with Crippen LogP contribution in [0.4, 0.5) is 0 Å². The van der Waals surface area contributed by atoms with Crippen LogP contribution in [0.25, 0.3) is 0 Å². The average molecular weight is 417 g/mol. The lowest BCUT2D eigenvalue weighted by Gasteiger charge is -2.20. The number of ether oxygens (including phenoxy) is 1. The largest absolute Gasteiger partial charge is 0.452 e. The summed E-state index contributed by atoms with van der Waals surface area (Å²) in [5, 5.41) is 5.84. The van der Waals surface area contributed by atoms with Crippen molar-refractivity contribution in [1.82, 2.24) is 10.6 Å². The molecule has 2 rings (SSSR count). The van der Waals surface area contributed by atoms with E-state index >= 15 is 0 Å². The van der Waals surface area contributed by atoms with Gasteiger partial charge in [-0.15, -0.1) is 0 Å². The quantitative estimate of drug-likeness (QED) is 0.611. The van der Waals surface area contributed by atoms with E-state index in [1.54, 1.807) is 24.3 Å². The molecule has 154 valence electrons. The standard InChI is InChI=1S/C22H25ClN2O4/c1-3-13-24-21(27)15(2)29-20(26)14-19(16-9-5-4-6-10-16)25-22(28)17-11-7-8-12-18(17)23/h4-12,15,19H,3,13-14H2,1-2H3,(H,24,27)(H,25,28). The van der Waals surface area contributed by atoms with Gasteiger partial charge >= 0.3 is 5.97 Å². The number of esters is 1. The predicted octanol–water partition coefficient (Wildman–Crippen LogP) is 3.66. The van der Waals surface area contributed by atoms with Crippen LogP contribution >= 0.6 is 11.6 Å². The first-order valence-electron chi connectivity index (χ1n) is 9.50. The fourth-order valence-corrected chi connectivity index (χ4v) is 2.90. The second kappa shape index (κ2) is 11.2. The Kier molecular flexibility index (Phi) is 8.68. The minimum absolute atomic E-state index is 0.119. The summed E-state index contributed by atoms with van der Waals surface area (Å²) >= 11 is 6.10. The zero-order valence-corrected chi connectivity index (χ0v) is 17.2. The summed E-state index contributed by atoms with van der Waals surface area (Å²) in [4.78, 5) is 37.0. The molecule has 0 saturated heterocycles. The monoisotopic (exact) mass is 416 g/mol. The van der Waals surface area contributed by atoms with E-state index in [9.17, 15) is 14.4 Å². The van der Waals surface area contributed by atoms with Crippen molar-refractivity contribution in [2.24, 2.45) is 0 Å². The first kappa shape index (κ1) is 22.4. The second-order valence-corrected chi connectivity index (χ2v) is 6.95. The van der Waals surface area contributed by atoms with Gasteiger partial charge in [-0.25, -0.2) is 0 Å². The highest BCUT2D eigenvalue weighted by molar-refractivity contribution is 6.33. The average Bonchev–Trinajstić information content (AvgIpc) is 2.72. The first-order valence-corrected chi connectivity index (χ1v) is 9.87. The number of benzene rings is 2. The zero-order valence-electron chi connectivity index (χ0n) is 16.5. The molecule has 2 amide bonds. The third-order valence-corrected chi connectivity index (χ3v) is 4.55. The van der Waals surface area contributed by atoms with Crippen LogP contribution in [0, 0.1) is 0 Å². The predicted molar refractivity (Wildman–Crippen MR) is 112 cm³/mol. The van der Waals surface area contributed by atoms with E-state index in [0.29, 0.717) is 17.1 Å². The molecule has 6 nitrogen and oxygen atoms in total. The maximum Gasteiger partial charge on any atom is 0.309 e. The van der Waals surface area contributed by atoms with Crippen molar-refractivity contribution in [2.45, 2.75) is 38.8 Å². The van der Waals surface area contributed by atoms with Crippen LogP contribution in [-0.4, -0.2) is 30.4 Å². The summed E-state index contributed by atoms with van der Waals surface area (Å²) in [5.41, 5.74) is 1.06. The van der Waals surface area contributed by atoms with E-state index < -0.39 is 24.0 Å². The topological polar surface area (TPSA) is 84.5 Å². The molecule has 0 spiro atoms. The van der Waals surface area contributed by atoms with Crippen molar-refractivity contribution in [3.05, 3.63) is 70.7 Å². The number of rotatable bonds is 9. The highest BCUT2D eigenvalue weighted by Gasteiger charge is 2.24. The number of hydrogen-bond donors (Lipinski definition) is 2. The van der Waals surface area contributed by atoms with Gasteiger partial charge in [0.15, 0.2) is 6.10 Å². The number of halogens is 1. The van der Waals surface area contributed by atoms with Crippen LogP contribution in [0.1, 0.15) is 48.7 Å². The van der Waals surface area contributed by atoms with Crippen LogP contribution < -0.4 is 10.6 Å². The Balaban J connectivity index is 2.09. The molecule has 7 heteroatoms. The van der Waals surface area contributed by atoms with E-state index in [2.05, 4.69) is 10.6 Å². The maximum absolute atomic E-state index is 12.7. The molecule has 0 heterocycles. The highest BCUT2D eigenvalue weighted by Crippen LogP contribution is 2.21. The molecule has 2 aromatic rings. The third-order valence-electron chi connectivity index (χ3n) is 4.22. The molecule has 0 aliphatic rings. The van der Waals surface area contributed by atoms with E-state index in [1.807, 2.05) is 37.3 Å². The van der Waals surface area contributed by atoms with E-state index in [-0.39, 0.29) is 12.3 Å². The number of hydrogen-bond acceptors (Lipinski definition) is 4. The Bertz CT molecular complexity index is 842. The molecule has 29 heavy (non-hydrogen) atoms. The number of amides is 2. The van der Waals surface area contributed by atoms with E-state index in [0.717, 1.165) is 12.0 Å². The molecule has 2 atom stereocenters. The molecule has 2 unspecified atom stereocenters. The molecule has 0 aliphatic carbocycles. The zero-order chi connectivity index (χ0) is 21.2. The summed E-state index contributed by atoms with van der Waals surface area (Å²) in [5.74, 6) is -1.33. The van der Waals surface area contributed by atoms with Gasteiger partial charge < -0.3 is 15.4 Å². The lowest BCUT2D eigenvalue weighted by atomic mass is 10.0. The lowest BCUT2D eigenvalue weighted by Crippen LogP contribution is -2.37. The van der Waals surface area contributed by atoms with Gasteiger partial charge in [0.2, 0.25) is 0 Å². The van der Waals surface area contributed by atoms with Crippen LogP contribution in [0.5, 0.6) is 0 Å². The normalized spacial score (nSPS) is 12.5. The van der Waals surface area contributed by atoms with Gasteiger partial charge in [-0.1, -0.05) is 61.0 Å². The number of carbonyl (C=O) groups is 3. The molecule has 0 fully saturated rings. The van der Waals surface area contributed by atoms with Gasteiger partial charge in [0.05, 0.1) is 23.0 Å². The van der Waals surface area contributed by atoms with Gasteiger partial charge in [0.25, 0.3) is 11.8 Å². The smallest absolute Gasteiger partial charge is 0.309 e. The fraction of sp³-hybridized carbons (Fsp3) is 0.318. The maximum atomic E-state index is 12.7. The SMILES string of the molecule is CCCNC(=O)C(C)OC(=O)CC(NC(=O)c1ccccc1Cl)c1ccccc1. The van der Waals surface area contributed by atoms with E-state index in [4.69, 9.17) is 16.3 Å². The van der Waals surface area contributed by atoms with Crippen LogP contribution in [0.15, 0.2) is 54.6 Å². The summed E-state index contributed by atoms with van der Waals surface area (Å²) in [6.07, 6.45) is -0.243. The molecule has 0 radical (unpaired) electrons. The van der Waals surface area contributed by atoms with Crippen LogP contribution in [0.3, 0.4) is 0 Å². The number of carbonyl (C=O) groups excluding carboxylic acids is 3. The van der Waals surface area contributed by atoms with Gasteiger partial charge in [0, 0.05) is 6.54 Å². The molecule has 2 aromatic carbocycles. The summed E-state index contributed by atoms with van der Waals surface area (Å²) in [7, 11) is 0. The van der Waals surface area contributed by atoms with Crippen molar-refractivity contribution in [2.75, 3.05) is 6.54 Å². The molecular weight excluding hydrogens is 392 g/mol. The highest BCUT2D eigenvalue weighted by atomic mass is 35.5. The van der Waals surface area contributed by atoms with Gasteiger partial charge in [-0.3, -0.25) is 14.4 Å².